The third-order valence-corrected chi connectivity index (χ3v) is 13.9. The number of esters is 1. The van der Waals surface area contributed by atoms with Crippen molar-refractivity contribution in [2.75, 3.05) is 47.5 Å². The van der Waals surface area contributed by atoms with Crippen molar-refractivity contribution in [3.63, 3.8) is 0 Å². The Hall–Kier alpha value is -4.90. The number of hydrogen-bond donors (Lipinski definition) is 2. The zero-order valence-electron chi connectivity index (χ0n) is 38.4. The second-order valence-electron chi connectivity index (χ2n) is 18.5. The summed E-state index contributed by atoms with van der Waals surface area (Å²) >= 11 is 1.42. The van der Waals surface area contributed by atoms with E-state index in [2.05, 4.69) is 60.3 Å². The van der Waals surface area contributed by atoms with Gasteiger partial charge in [-0.25, -0.2) is 15.2 Å². The molecular weight excluding hydrogens is 821 g/mol. The summed E-state index contributed by atoms with van der Waals surface area (Å²) in [4.78, 5) is 69.5. The van der Waals surface area contributed by atoms with Crippen LogP contribution in [0.2, 0.25) is 0 Å². The zero-order valence-corrected chi connectivity index (χ0v) is 39.2. The molecule has 2 saturated heterocycles. The Bertz CT molecular complexity index is 2320. The summed E-state index contributed by atoms with van der Waals surface area (Å²) in [5.41, 5.74) is 9.37. The molecule has 16 heteroatoms. The minimum absolute atomic E-state index is 0.0163. The maximum absolute atomic E-state index is 14.6. The molecule has 1 aromatic carbocycles. The number of ether oxygens (including phenoxy) is 3. The van der Waals surface area contributed by atoms with Crippen LogP contribution in [0.15, 0.2) is 41.9 Å². The average Bonchev–Trinajstić information content (AvgIpc) is 3.85. The molecule has 15 nitrogen and oxygen atoms in total. The van der Waals surface area contributed by atoms with Gasteiger partial charge in [0.15, 0.2) is 0 Å². The number of methoxy groups -OCH3 is 2. The molecule has 340 valence electrons. The number of carbonyl (C=O) groups is 4. The molecule has 7 rings (SSSR count). The summed E-state index contributed by atoms with van der Waals surface area (Å²) in [5, 5.41) is 8.18. The quantitative estimate of drug-likeness (QED) is 0.175. The number of rotatable bonds is 10. The Kier molecular flexibility index (Phi) is 13.9. The van der Waals surface area contributed by atoms with Crippen LogP contribution in [-0.4, -0.2) is 125 Å². The molecule has 0 spiro atoms. The summed E-state index contributed by atoms with van der Waals surface area (Å²) in [5.74, 6) is -1.32. The smallest absolute Gasteiger partial charge is 0.324 e. The lowest BCUT2D eigenvalue weighted by atomic mass is 9.84. The third-order valence-electron chi connectivity index (χ3n) is 13.0. The summed E-state index contributed by atoms with van der Waals surface area (Å²) in [7, 11) is 4.99. The Labute approximate surface area is 374 Å². The van der Waals surface area contributed by atoms with E-state index in [0.29, 0.717) is 50.4 Å². The number of benzene rings is 1. The summed E-state index contributed by atoms with van der Waals surface area (Å²) < 4.78 is 19.7. The molecule has 4 aromatic rings. The van der Waals surface area contributed by atoms with E-state index in [9.17, 15) is 19.2 Å². The molecule has 0 aliphatic carbocycles. The fourth-order valence-electron chi connectivity index (χ4n) is 9.25. The predicted octanol–water partition coefficient (Wildman–Crippen LogP) is 6.25. The van der Waals surface area contributed by atoms with Gasteiger partial charge in [-0.1, -0.05) is 33.8 Å². The maximum Gasteiger partial charge on any atom is 0.324 e. The number of pyridine rings is 1. The lowest BCUT2D eigenvalue weighted by molar-refractivity contribution is -0.155. The Morgan fingerprint density at radius 2 is 1.87 bits per heavy atom. The molecule has 0 saturated carbocycles. The minimum atomic E-state index is -1.05. The SMILES string of the molecule is CCn1c(-c2cccnc2[C@H](C)OC)c2c3cc(ccc31)-c1csc(n1)C[C@H](NC(=O)[C@H](C(C)C)N(C)C(=O)N1CC([C@H](C)OC)C1)C(=O)N1CCC[C@H](N1)C(=O)OCC(C)(C)C2. The first-order valence-corrected chi connectivity index (χ1v) is 23.1. The number of aryl methyl sites for hydroxylation is 1. The topological polar surface area (TPSA) is 160 Å². The van der Waals surface area contributed by atoms with Crippen LogP contribution in [0, 0.1) is 17.3 Å². The van der Waals surface area contributed by atoms with E-state index >= 15 is 0 Å². The van der Waals surface area contributed by atoms with Gasteiger partial charge in [0.1, 0.15) is 18.1 Å². The van der Waals surface area contributed by atoms with Gasteiger partial charge in [0, 0.05) is 98.8 Å². The van der Waals surface area contributed by atoms with Gasteiger partial charge in [-0.05, 0) is 75.8 Å². The molecule has 2 N–H and O–H groups in total. The van der Waals surface area contributed by atoms with Gasteiger partial charge in [-0.3, -0.25) is 24.4 Å². The molecule has 3 aromatic heterocycles. The molecule has 2 fully saturated rings. The largest absolute Gasteiger partial charge is 0.464 e. The molecule has 3 aliphatic rings. The fraction of sp³-hybridized carbons (Fsp3) is 0.574. The molecular formula is C47H64N8O7S. The molecule has 6 heterocycles. The molecule has 0 radical (unpaired) electrons. The maximum atomic E-state index is 14.6. The number of fused-ring (bicyclic) bond motifs is 6. The van der Waals surface area contributed by atoms with E-state index in [1.807, 2.05) is 39.1 Å². The predicted molar refractivity (Wildman–Crippen MR) is 243 cm³/mol. The zero-order chi connectivity index (χ0) is 45.3. The highest BCUT2D eigenvalue weighted by Gasteiger charge is 2.41. The number of hydrogen-bond acceptors (Lipinski definition) is 11. The Balaban J connectivity index is 1.27. The van der Waals surface area contributed by atoms with Gasteiger partial charge in [0.25, 0.3) is 5.91 Å². The molecule has 5 atom stereocenters. The van der Waals surface area contributed by atoms with Crippen LogP contribution in [0.25, 0.3) is 33.4 Å². The number of hydrazine groups is 1. The molecule has 0 unspecified atom stereocenters. The summed E-state index contributed by atoms with van der Waals surface area (Å²) in [6.45, 7) is 16.4. The molecule has 63 heavy (non-hydrogen) atoms. The van der Waals surface area contributed by atoms with Gasteiger partial charge >= 0.3 is 12.0 Å². The van der Waals surface area contributed by atoms with E-state index in [0.717, 1.165) is 44.7 Å². The molecule has 6 bridgehead atoms. The van der Waals surface area contributed by atoms with Crippen molar-refractivity contribution in [1.29, 1.82) is 0 Å². The summed E-state index contributed by atoms with van der Waals surface area (Å²) in [6.07, 6.45) is 3.30. The van der Waals surface area contributed by atoms with Gasteiger partial charge in [0.2, 0.25) is 5.91 Å². The number of urea groups is 1. The van der Waals surface area contributed by atoms with E-state index < -0.39 is 41.3 Å². The van der Waals surface area contributed by atoms with Crippen molar-refractivity contribution in [2.24, 2.45) is 17.3 Å². The van der Waals surface area contributed by atoms with Gasteiger partial charge in [-0.2, -0.15) is 0 Å². The van der Waals surface area contributed by atoms with E-state index in [1.54, 1.807) is 32.4 Å². The van der Waals surface area contributed by atoms with E-state index in [4.69, 9.17) is 24.2 Å². The first kappa shape index (κ1) is 46.1. The highest BCUT2D eigenvalue weighted by Crippen LogP contribution is 2.42. The normalized spacial score (nSPS) is 21.1. The van der Waals surface area contributed by atoms with Crippen molar-refractivity contribution in [1.82, 2.24) is 40.1 Å². The van der Waals surface area contributed by atoms with Crippen molar-refractivity contribution in [3.05, 3.63) is 58.2 Å². The Morgan fingerprint density at radius 3 is 2.57 bits per heavy atom. The number of amides is 4. The van der Waals surface area contributed by atoms with Gasteiger partial charge in [0.05, 0.1) is 40.9 Å². The number of thiazole rings is 1. The van der Waals surface area contributed by atoms with E-state index in [-0.39, 0.29) is 43.1 Å². The van der Waals surface area contributed by atoms with Crippen LogP contribution >= 0.6 is 11.3 Å². The summed E-state index contributed by atoms with van der Waals surface area (Å²) in [6, 6.07) is 7.53. The minimum Gasteiger partial charge on any atom is -0.464 e. The molecule has 3 aliphatic heterocycles. The van der Waals surface area contributed by atoms with Crippen molar-refractivity contribution in [3.8, 4) is 22.5 Å². The fourth-order valence-corrected chi connectivity index (χ4v) is 10.1. The number of aromatic nitrogens is 3. The van der Waals surface area contributed by atoms with Crippen LogP contribution in [0.4, 0.5) is 4.79 Å². The first-order chi connectivity index (χ1) is 30.0. The standard InChI is InChI=1S/C47H64N8O7S/c1-11-54-38-17-16-30-20-33(38)34(42(54)32-14-12-18-48-40(32)29(5)61-10)22-47(6,7)26-62-45(58)35-15-13-19-55(51-35)44(57)36(21-39-49-37(30)25-63-39)50-43(56)41(27(2)3)52(8)46(59)53-23-31(24-53)28(4)60-9/h12,14,16-18,20,25,27-29,31,35-36,41,51H,11,13,15,19,21-24,26H2,1-10H3,(H,50,56)/t28-,29-,35-,36-,41-/m0/s1. The Morgan fingerprint density at radius 1 is 1.11 bits per heavy atom. The van der Waals surface area contributed by atoms with Crippen LogP contribution in [0.1, 0.15) is 83.7 Å². The number of cyclic esters (lactones) is 1. The first-order valence-electron chi connectivity index (χ1n) is 22.2. The number of likely N-dealkylation sites (N-methyl/N-ethyl adjacent to an activating group) is 1. The van der Waals surface area contributed by atoms with Crippen molar-refractivity contribution >= 4 is 46.1 Å². The van der Waals surface area contributed by atoms with Crippen LogP contribution in [-0.2, 0) is 48.0 Å². The highest BCUT2D eigenvalue weighted by molar-refractivity contribution is 7.10. The highest BCUT2D eigenvalue weighted by atomic mass is 32.1. The van der Waals surface area contributed by atoms with Crippen molar-refractivity contribution < 1.29 is 33.4 Å². The van der Waals surface area contributed by atoms with Gasteiger partial charge in [-0.15, -0.1) is 11.3 Å². The average molecular weight is 885 g/mol. The number of carbonyl (C=O) groups excluding carboxylic acids is 4. The van der Waals surface area contributed by atoms with Crippen LogP contribution < -0.4 is 10.7 Å². The third kappa shape index (κ3) is 9.50. The second-order valence-corrected chi connectivity index (χ2v) is 19.4. The van der Waals surface area contributed by atoms with Crippen LogP contribution in [0.3, 0.4) is 0 Å². The lowest BCUT2D eigenvalue weighted by Crippen LogP contribution is -2.63. The number of nitrogens with one attached hydrogen (secondary N) is 2. The number of nitrogens with zero attached hydrogens (tertiary/aromatic N) is 6. The van der Waals surface area contributed by atoms with Crippen molar-refractivity contribution in [2.45, 2.75) is 111 Å². The van der Waals surface area contributed by atoms with E-state index in [1.165, 1.54) is 21.2 Å². The van der Waals surface area contributed by atoms with Gasteiger partial charge < -0.3 is 33.9 Å². The molecule has 4 amide bonds. The number of likely N-dealkylation sites (tertiary alicyclic amines) is 1. The monoisotopic (exact) mass is 884 g/mol. The lowest BCUT2D eigenvalue weighted by Gasteiger charge is -2.45. The second kappa shape index (κ2) is 19.1. The van der Waals surface area contributed by atoms with Crippen LogP contribution in [0.5, 0.6) is 0 Å².